The van der Waals surface area contributed by atoms with Crippen LogP contribution in [0.15, 0.2) is 0 Å². The number of unbranched alkanes of at least 4 members (excludes halogenated alkanes) is 4. The van der Waals surface area contributed by atoms with Crippen LogP contribution in [0.25, 0.3) is 0 Å². The molecule has 0 aliphatic heterocycles. The Morgan fingerprint density at radius 1 is 0.762 bits per heavy atom. The second-order valence-corrected chi connectivity index (χ2v) is 12.1. The predicted molar refractivity (Wildman–Crippen MR) is 94.1 cm³/mol. The molecule has 0 aromatic heterocycles. The van der Waals surface area contributed by atoms with Gasteiger partial charge in [-0.1, -0.05) is 0 Å². The number of rotatable bonds is 14. The van der Waals surface area contributed by atoms with Crippen molar-refractivity contribution >= 4 is 6.83 Å². The van der Waals surface area contributed by atoms with Gasteiger partial charge in [-0.25, -0.2) is 0 Å². The molecule has 0 unspecified atom stereocenters. The first-order chi connectivity index (χ1) is 9.97. The van der Waals surface area contributed by atoms with Crippen molar-refractivity contribution < 1.29 is 9.71 Å². The molecule has 0 aliphatic rings. The van der Waals surface area contributed by atoms with Crippen molar-refractivity contribution in [3.8, 4) is 0 Å². The van der Waals surface area contributed by atoms with Crippen LogP contribution in [-0.2, 0) is 4.62 Å². The summed E-state index contributed by atoms with van der Waals surface area (Å²) in [6.45, 7) is 5.97. The molecule has 0 aliphatic carbocycles. The summed E-state index contributed by atoms with van der Waals surface area (Å²) in [4.78, 5) is 11.3. The summed E-state index contributed by atoms with van der Waals surface area (Å²) in [5.74, 6) is 0. The molecule has 0 N–H and O–H groups in total. The van der Waals surface area contributed by atoms with Crippen LogP contribution < -0.4 is 0 Å². The third-order valence-electron chi connectivity index (χ3n) is 4.61. The minimum absolute atomic E-state index is 0.464. The van der Waals surface area contributed by atoms with Crippen LogP contribution in [0.5, 0.6) is 0 Å². The molecule has 0 heterocycles. The van der Waals surface area contributed by atoms with Crippen molar-refractivity contribution in [2.75, 3.05) is 24.6 Å². The van der Waals surface area contributed by atoms with E-state index in [1.165, 1.54) is 0 Å². The van der Waals surface area contributed by atoms with Gasteiger partial charge in [-0.15, -0.1) is 0 Å². The van der Waals surface area contributed by atoms with Gasteiger partial charge in [0.15, 0.2) is 0 Å². The minimum atomic E-state index is -2.68. The molecule has 0 saturated heterocycles. The molecular formula is C16H36NO3P. The molecule has 0 rings (SSSR count). The second kappa shape index (κ2) is 10.4. The van der Waals surface area contributed by atoms with Gasteiger partial charge < -0.3 is 0 Å². The maximum absolute atomic E-state index is 11.3. The van der Waals surface area contributed by atoms with E-state index in [-0.39, 0.29) is 0 Å². The molecule has 0 radical (unpaired) electrons. The van der Waals surface area contributed by atoms with E-state index in [0.29, 0.717) is 0 Å². The van der Waals surface area contributed by atoms with Crippen LogP contribution in [-0.4, -0.2) is 29.7 Å². The molecule has 0 aromatic rings. The van der Waals surface area contributed by atoms with E-state index >= 15 is 0 Å². The molecule has 0 atom stereocenters. The summed E-state index contributed by atoms with van der Waals surface area (Å²) in [6.07, 6.45) is 12.4. The summed E-state index contributed by atoms with van der Waals surface area (Å²) in [7, 11) is 0. The molecule has 0 spiro atoms. The second-order valence-electron chi connectivity index (χ2n) is 6.47. The van der Waals surface area contributed by atoms with E-state index in [4.69, 9.17) is 4.62 Å². The first-order valence-corrected chi connectivity index (χ1v) is 11.7. The van der Waals surface area contributed by atoms with Crippen molar-refractivity contribution in [1.82, 2.24) is 0 Å². The van der Waals surface area contributed by atoms with Crippen LogP contribution in [0, 0.1) is 10.1 Å². The maximum atomic E-state index is 11.3. The van der Waals surface area contributed by atoms with Gasteiger partial charge >= 0.3 is 130 Å². The summed E-state index contributed by atoms with van der Waals surface area (Å²) >= 11 is 0. The quantitative estimate of drug-likeness (QED) is 0.228. The average Bonchev–Trinajstić information content (AvgIpc) is 2.47. The Bertz CT molecular complexity index is 254. The van der Waals surface area contributed by atoms with E-state index in [1.807, 2.05) is 0 Å². The molecule has 21 heavy (non-hydrogen) atoms. The van der Waals surface area contributed by atoms with Crippen molar-refractivity contribution in [1.29, 1.82) is 0 Å². The number of nitrogens with zero attached hydrogens (tertiary/aromatic N) is 1. The van der Waals surface area contributed by atoms with Crippen LogP contribution >= 0.6 is 6.83 Å². The van der Waals surface area contributed by atoms with Gasteiger partial charge in [0.25, 0.3) is 0 Å². The summed E-state index contributed by atoms with van der Waals surface area (Å²) in [5.41, 5.74) is 0. The molecule has 128 valence electrons. The zero-order valence-corrected chi connectivity index (χ0v) is 15.5. The number of hydrogen-bond acceptors (Lipinski definition) is 3. The zero-order valence-electron chi connectivity index (χ0n) is 14.6. The molecule has 0 aromatic carbocycles. The van der Waals surface area contributed by atoms with Gasteiger partial charge in [-0.3, -0.25) is 0 Å². The fraction of sp³-hybridized carbons (Fsp3) is 1.00. The van der Waals surface area contributed by atoms with Crippen molar-refractivity contribution in [2.24, 2.45) is 0 Å². The Hall–Kier alpha value is -0.370. The van der Waals surface area contributed by atoms with Gasteiger partial charge in [0, 0.05) is 0 Å². The van der Waals surface area contributed by atoms with E-state index < -0.39 is 11.9 Å². The standard InChI is InChI=1S/C16H36NO3P/c1-5-9-13-21(14-10-6-2,15-11-7-3,16-12-8-4)20-17(18)19/h5-16H2,1-4H3. The topological polar surface area (TPSA) is 52.4 Å². The Morgan fingerprint density at radius 3 is 1.24 bits per heavy atom. The monoisotopic (exact) mass is 321 g/mol. The normalized spacial score (nSPS) is 13.6. The molecule has 5 heteroatoms. The van der Waals surface area contributed by atoms with Gasteiger partial charge in [-0.05, 0) is 0 Å². The molecule has 0 fully saturated rings. The fourth-order valence-corrected chi connectivity index (χ4v) is 9.76. The first kappa shape index (κ1) is 20.6. The third kappa shape index (κ3) is 6.95. The van der Waals surface area contributed by atoms with Gasteiger partial charge in [0.2, 0.25) is 0 Å². The third-order valence-corrected chi connectivity index (χ3v) is 11.0. The molecule has 4 nitrogen and oxygen atoms in total. The summed E-state index contributed by atoms with van der Waals surface area (Å²) in [5, 5.41) is 10.8. The van der Waals surface area contributed by atoms with Crippen molar-refractivity contribution in [2.45, 2.75) is 79.1 Å². The average molecular weight is 321 g/mol. The van der Waals surface area contributed by atoms with Crippen LogP contribution in [0.2, 0.25) is 0 Å². The van der Waals surface area contributed by atoms with Gasteiger partial charge in [0.05, 0.1) is 0 Å². The van der Waals surface area contributed by atoms with Crippen LogP contribution in [0.4, 0.5) is 0 Å². The Labute approximate surface area is 131 Å². The number of hydrogen-bond donors (Lipinski definition) is 0. The van der Waals surface area contributed by atoms with Crippen LogP contribution in [0.1, 0.15) is 79.1 Å². The Balaban J connectivity index is 5.50. The molecule has 0 amide bonds. The Morgan fingerprint density at radius 2 is 1.05 bits per heavy atom. The molecule has 0 bridgehead atoms. The first-order valence-electron chi connectivity index (χ1n) is 8.82. The SMILES string of the molecule is CCCCP(CCCC)(CCCC)(CCCC)O[N+](=O)[O-]. The summed E-state index contributed by atoms with van der Waals surface area (Å²) < 4.78 is 5.69. The van der Waals surface area contributed by atoms with E-state index in [9.17, 15) is 10.1 Å². The van der Waals surface area contributed by atoms with Crippen molar-refractivity contribution in [3.05, 3.63) is 10.1 Å². The molecular weight excluding hydrogens is 285 g/mol. The van der Waals surface area contributed by atoms with Crippen LogP contribution in [0.3, 0.4) is 0 Å². The van der Waals surface area contributed by atoms with E-state index in [0.717, 1.165) is 76.0 Å². The van der Waals surface area contributed by atoms with E-state index in [1.54, 1.807) is 0 Å². The predicted octanol–water partition coefficient (Wildman–Crippen LogP) is 5.86. The molecule has 0 saturated carbocycles. The van der Waals surface area contributed by atoms with Gasteiger partial charge in [0.1, 0.15) is 0 Å². The Kier molecular flexibility index (Phi) is 10.2. The van der Waals surface area contributed by atoms with Crippen molar-refractivity contribution in [3.63, 3.8) is 0 Å². The fourth-order valence-electron chi connectivity index (χ4n) is 3.25. The summed E-state index contributed by atoms with van der Waals surface area (Å²) in [6, 6.07) is 0. The van der Waals surface area contributed by atoms with Gasteiger partial charge in [-0.2, -0.15) is 0 Å². The zero-order chi connectivity index (χ0) is 16.2. The van der Waals surface area contributed by atoms with E-state index in [2.05, 4.69) is 27.7 Å².